The summed E-state index contributed by atoms with van der Waals surface area (Å²) in [7, 11) is 0. The van der Waals surface area contributed by atoms with Gasteiger partial charge in [0.1, 0.15) is 6.17 Å². The molecule has 4 nitrogen and oxygen atoms in total. The Morgan fingerprint density at radius 1 is 1.36 bits per heavy atom. The van der Waals surface area contributed by atoms with Crippen LogP contribution in [0.15, 0.2) is 35.4 Å². The highest BCUT2D eigenvalue weighted by molar-refractivity contribution is 5.17. The molecule has 1 aromatic rings. The topological polar surface area (TPSA) is 74.8 Å². The Labute approximate surface area is 64.3 Å². The summed E-state index contributed by atoms with van der Waals surface area (Å²) in [6.45, 7) is 0. The third kappa shape index (κ3) is 1.97. The molecule has 1 aromatic carbocycles. The van der Waals surface area contributed by atoms with Gasteiger partial charge in [-0.1, -0.05) is 35.4 Å². The van der Waals surface area contributed by atoms with Gasteiger partial charge >= 0.3 is 0 Å². The zero-order chi connectivity index (χ0) is 8.10. The Balaban J connectivity index is 2.84. The van der Waals surface area contributed by atoms with E-state index < -0.39 is 6.17 Å². The first kappa shape index (κ1) is 7.60. The normalized spacial score (nSPS) is 11.7. The molecule has 0 amide bonds. The van der Waals surface area contributed by atoms with Gasteiger partial charge in [-0.3, -0.25) is 0 Å². The van der Waals surface area contributed by atoms with Crippen molar-refractivity contribution in [2.24, 2.45) is 10.8 Å². The smallest absolute Gasteiger partial charge is 0.109 e. The molecule has 2 N–H and O–H groups in total. The van der Waals surface area contributed by atoms with E-state index in [9.17, 15) is 0 Å². The zero-order valence-electron chi connectivity index (χ0n) is 5.88. The van der Waals surface area contributed by atoms with Crippen molar-refractivity contribution in [1.29, 1.82) is 0 Å². The lowest BCUT2D eigenvalue weighted by atomic mass is 10.2. The highest BCUT2D eigenvalue weighted by Gasteiger charge is 1.99. The van der Waals surface area contributed by atoms with Gasteiger partial charge in [0.2, 0.25) is 0 Å². The lowest BCUT2D eigenvalue weighted by Gasteiger charge is -2.02. The molecule has 0 aliphatic rings. The van der Waals surface area contributed by atoms with Crippen LogP contribution in [0.1, 0.15) is 11.7 Å². The third-order valence-electron chi connectivity index (χ3n) is 1.32. The van der Waals surface area contributed by atoms with Gasteiger partial charge in [0.15, 0.2) is 0 Å². The molecule has 0 bridgehead atoms. The Bertz CT molecular complexity index is 263. The van der Waals surface area contributed by atoms with E-state index in [-0.39, 0.29) is 0 Å². The Hall–Kier alpha value is -1.51. The number of hydrogen-bond acceptors (Lipinski definition) is 2. The van der Waals surface area contributed by atoms with Gasteiger partial charge in [-0.15, -0.1) is 0 Å². The third-order valence-corrected chi connectivity index (χ3v) is 1.32. The number of azide groups is 1. The highest BCUT2D eigenvalue weighted by Crippen LogP contribution is 2.09. The lowest BCUT2D eigenvalue weighted by Crippen LogP contribution is -2.05. The van der Waals surface area contributed by atoms with E-state index in [1.807, 2.05) is 30.3 Å². The van der Waals surface area contributed by atoms with Crippen LogP contribution in [0.25, 0.3) is 10.4 Å². The summed E-state index contributed by atoms with van der Waals surface area (Å²) < 4.78 is 0. The average molecular weight is 148 g/mol. The second kappa shape index (κ2) is 3.61. The van der Waals surface area contributed by atoms with Crippen LogP contribution in [0.4, 0.5) is 0 Å². The molecule has 0 saturated heterocycles. The molecule has 0 aliphatic carbocycles. The molecule has 1 unspecified atom stereocenters. The molecule has 1 atom stereocenters. The van der Waals surface area contributed by atoms with Crippen LogP contribution in [-0.2, 0) is 0 Å². The van der Waals surface area contributed by atoms with Crippen molar-refractivity contribution in [2.75, 3.05) is 0 Å². The van der Waals surface area contributed by atoms with Crippen LogP contribution in [0.5, 0.6) is 0 Å². The van der Waals surface area contributed by atoms with E-state index >= 15 is 0 Å². The van der Waals surface area contributed by atoms with E-state index in [2.05, 4.69) is 10.0 Å². The number of nitrogens with zero attached hydrogens (tertiary/aromatic N) is 3. The van der Waals surface area contributed by atoms with Crippen LogP contribution in [-0.4, -0.2) is 0 Å². The summed E-state index contributed by atoms with van der Waals surface area (Å²) in [6.07, 6.45) is -0.568. The second-order valence-electron chi connectivity index (χ2n) is 2.06. The van der Waals surface area contributed by atoms with Crippen molar-refractivity contribution >= 4 is 0 Å². The number of nitrogens with two attached hydrogens (primary N) is 1. The molecule has 11 heavy (non-hydrogen) atoms. The quantitative estimate of drug-likeness (QED) is 0.388. The lowest BCUT2D eigenvalue weighted by molar-refractivity contribution is 0.765. The van der Waals surface area contributed by atoms with Crippen LogP contribution in [0.3, 0.4) is 0 Å². The molecule has 0 spiro atoms. The highest BCUT2D eigenvalue weighted by atomic mass is 15.2. The van der Waals surface area contributed by atoms with Crippen molar-refractivity contribution in [1.82, 2.24) is 0 Å². The van der Waals surface area contributed by atoms with Crippen molar-refractivity contribution < 1.29 is 0 Å². The summed E-state index contributed by atoms with van der Waals surface area (Å²) in [5.41, 5.74) is 14.4. The monoisotopic (exact) mass is 148 g/mol. The molecular weight excluding hydrogens is 140 g/mol. The number of rotatable bonds is 2. The molecule has 0 fully saturated rings. The van der Waals surface area contributed by atoms with Gasteiger partial charge in [-0.25, -0.2) is 0 Å². The molecular formula is C7H8N4. The van der Waals surface area contributed by atoms with Gasteiger partial charge < -0.3 is 5.73 Å². The maximum absolute atomic E-state index is 8.08. The first-order valence-corrected chi connectivity index (χ1v) is 3.19. The minimum absolute atomic E-state index is 0.568. The fraction of sp³-hybridized carbons (Fsp3) is 0.143. The van der Waals surface area contributed by atoms with E-state index in [0.717, 1.165) is 5.56 Å². The first-order chi connectivity index (χ1) is 5.34. The fourth-order valence-electron chi connectivity index (χ4n) is 0.773. The van der Waals surface area contributed by atoms with Gasteiger partial charge in [0, 0.05) is 4.91 Å². The molecule has 0 radical (unpaired) electrons. The number of hydrogen-bond donors (Lipinski definition) is 1. The van der Waals surface area contributed by atoms with Gasteiger partial charge in [0.25, 0.3) is 0 Å². The molecule has 0 aliphatic heterocycles. The summed E-state index contributed by atoms with van der Waals surface area (Å²) in [5.74, 6) is 0. The Morgan fingerprint density at radius 3 is 2.55 bits per heavy atom. The summed E-state index contributed by atoms with van der Waals surface area (Å²) in [4.78, 5) is 2.61. The fourth-order valence-corrected chi connectivity index (χ4v) is 0.773. The van der Waals surface area contributed by atoms with Crippen LogP contribution in [0.2, 0.25) is 0 Å². The molecule has 56 valence electrons. The van der Waals surface area contributed by atoms with Crippen molar-refractivity contribution in [3.63, 3.8) is 0 Å². The first-order valence-electron chi connectivity index (χ1n) is 3.19. The van der Waals surface area contributed by atoms with Crippen molar-refractivity contribution in [3.05, 3.63) is 46.3 Å². The van der Waals surface area contributed by atoms with Crippen molar-refractivity contribution in [3.8, 4) is 0 Å². The summed E-state index contributed by atoms with van der Waals surface area (Å²) in [5, 5.41) is 3.35. The SMILES string of the molecule is [N-]=[N+]=NC(N)c1ccccc1. The van der Waals surface area contributed by atoms with Crippen LogP contribution < -0.4 is 5.73 Å². The van der Waals surface area contributed by atoms with Gasteiger partial charge in [-0.2, -0.15) is 0 Å². The molecule has 4 heteroatoms. The standard InChI is InChI=1S/C7H8N4/c8-7(10-11-9)6-4-2-1-3-5-6/h1-5,7H,8H2. The largest absolute Gasteiger partial charge is 0.319 e. The maximum Gasteiger partial charge on any atom is 0.109 e. The van der Waals surface area contributed by atoms with Crippen LogP contribution in [0, 0.1) is 0 Å². The van der Waals surface area contributed by atoms with E-state index in [4.69, 9.17) is 11.3 Å². The maximum atomic E-state index is 8.08. The van der Waals surface area contributed by atoms with E-state index in [1.54, 1.807) is 0 Å². The summed E-state index contributed by atoms with van der Waals surface area (Å²) >= 11 is 0. The van der Waals surface area contributed by atoms with E-state index in [1.165, 1.54) is 0 Å². The average Bonchev–Trinajstić information content (AvgIpc) is 2.07. The zero-order valence-corrected chi connectivity index (χ0v) is 5.88. The minimum atomic E-state index is -0.568. The predicted molar refractivity (Wildman–Crippen MR) is 42.5 cm³/mol. The molecule has 0 aromatic heterocycles. The Kier molecular flexibility index (Phi) is 2.49. The van der Waals surface area contributed by atoms with Gasteiger partial charge in [-0.05, 0) is 11.1 Å². The summed E-state index contributed by atoms with van der Waals surface area (Å²) in [6, 6.07) is 9.22. The Morgan fingerprint density at radius 2 is 2.00 bits per heavy atom. The predicted octanol–water partition coefficient (Wildman–Crippen LogP) is 1.95. The van der Waals surface area contributed by atoms with Gasteiger partial charge in [0.05, 0.1) is 0 Å². The van der Waals surface area contributed by atoms with Crippen LogP contribution >= 0.6 is 0 Å². The molecule has 0 heterocycles. The van der Waals surface area contributed by atoms with Crippen molar-refractivity contribution in [2.45, 2.75) is 6.17 Å². The number of benzene rings is 1. The second-order valence-corrected chi connectivity index (χ2v) is 2.06. The van der Waals surface area contributed by atoms with E-state index in [0.29, 0.717) is 0 Å². The minimum Gasteiger partial charge on any atom is -0.319 e. The molecule has 0 saturated carbocycles. The molecule has 1 rings (SSSR count).